The minimum absolute atomic E-state index is 0.0356. The largest absolute Gasteiger partial charge is 0.454 e. The van der Waals surface area contributed by atoms with Gasteiger partial charge in [-0.1, -0.05) is 18.2 Å². The van der Waals surface area contributed by atoms with Gasteiger partial charge in [-0.2, -0.15) is 0 Å². The van der Waals surface area contributed by atoms with E-state index in [4.69, 9.17) is 9.47 Å². The maximum absolute atomic E-state index is 13.3. The summed E-state index contributed by atoms with van der Waals surface area (Å²) in [6.07, 6.45) is 0. The van der Waals surface area contributed by atoms with Gasteiger partial charge in [-0.05, 0) is 36.8 Å². The van der Waals surface area contributed by atoms with Crippen molar-refractivity contribution in [1.82, 2.24) is 9.80 Å². The summed E-state index contributed by atoms with van der Waals surface area (Å²) in [6, 6.07) is 13.2. The number of carbonyl (C=O) groups excluding carboxylic acids is 2. The Bertz CT molecular complexity index is 1000. The molecule has 3 aliphatic rings. The lowest BCUT2D eigenvalue weighted by Crippen LogP contribution is -2.56. The first-order valence-electron chi connectivity index (χ1n) is 10.6. The molecule has 5 rings (SSSR count). The Labute approximate surface area is 181 Å². The molecular weight excluding hydrogens is 396 g/mol. The molecule has 0 radical (unpaired) electrons. The zero-order chi connectivity index (χ0) is 21.4. The van der Waals surface area contributed by atoms with Gasteiger partial charge in [0.2, 0.25) is 18.6 Å². The van der Waals surface area contributed by atoms with E-state index >= 15 is 0 Å². The molecule has 8 heteroatoms. The van der Waals surface area contributed by atoms with E-state index in [-0.39, 0.29) is 31.2 Å². The molecule has 8 nitrogen and oxygen atoms in total. The second kappa shape index (κ2) is 8.20. The molecule has 0 unspecified atom stereocenters. The smallest absolute Gasteiger partial charge is 0.244 e. The first kappa shape index (κ1) is 19.8. The Balaban J connectivity index is 1.20. The number of hydrogen-bond acceptors (Lipinski definition) is 6. The maximum atomic E-state index is 13.3. The van der Waals surface area contributed by atoms with Crippen molar-refractivity contribution in [3.63, 3.8) is 0 Å². The number of benzene rings is 2. The van der Waals surface area contributed by atoms with Crippen LogP contribution < -0.4 is 19.7 Å². The molecule has 2 aromatic carbocycles. The van der Waals surface area contributed by atoms with E-state index in [9.17, 15) is 9.59 Å². The zero-order valence-electron chi connectivity index (χ0n) is 17.5. The normalized spacial score (nSPS) is 19.6. The third kappa shape index (κ3) is 3.96. The summed E-state index contributed by atoms with van der Waals surface area (Å²) in [4.78, 5) is 31.5. The molecule has 0 saturated carbocycles. The summed E-state index contributed by atoms with van der Waals surface area (Å²) in [5.41, 5.74) is 2.64. The fraction of sp³-hybridized carbons (Fsp3) is 0.391. The summed E-state index contributed by atoms with van der Waals surface area (Å²) < 4.78 is 10.9. The highest BCUT2D eigenvalue weighted by molar-refractivity contribution is 6.11. The van der Waals surface area contributed by atoms with E-state index in [1.54, 1.807) is 4.90 Å². The summed E-state index contributed by atoms with van der Waals surface area (Å²) in [7, 11) is 0. The fourth-order valence-corrected chi connectivity index (χ4v) is 4.42. The Kier molecular flexibility index (Phi) is 5.25. The van der Waals surface area contributed by atoms with Crippen LogP contribution in [0.25, 0.3) is 0 Å². The van der Waals surface area contributed by atoms with Crippen LogP contribution in [0, 0.1) is 0 Å². The van der Waals surface area contributed by atoms with Crippen molar-refractivity contribution in [1.29, 1.82) is 0 Å². The van der Waals surface area contributed by atoms with E-state index in [0.717, 1.165) is 49.9 Å². The second-order valence-electron chi connectivity index (χ2n) is 8.17. The van der Waals surface area contributed by atoms with Crippen LogP contribution in [0.4, 0.5) is 11.4 Å². The highest BCUT2D eigenvalue weighted by Crippen LogP contribution is 2.33. The molecular formula is C23H26N4O4. The minimum Gasteiger partial charge on any atom is -0.454 e. The Morgan fingerprint density at radius 2 is 1.84 bits per heavy atom. The number of carbonyl (C=O) groups is 2. The van der Waals surface area contributed by atoms with Gasteiger partial charge in [0, 0.05) is 32.7 Å². The van der Waals surface area contributed by atoms with Crippen molar-refractivity contribution in [3.05, 3.63) is 48.0 Å². The first-order chi connectivity index (χ1) is 15.1. The number of rotatable bonds is 4. The first-order valence-corrected chi connectivity index (χ1v) is 10.6. The number of nitrogens with zero attached hydrogens (tertiary/aromatic N) is 3. The molecule has 1 saturated heterocycles. The van der Waals surface area contributed by atoms with E-state index in [0.29, 0.717) is 5.69 Å². The summed E-state index contributed by atoms with van der Waals surface area (Å²) in [6.45, 7) is 6.48. The Morgan fingerprint density at radius 1 is 1.06 bits per heavy atom. The summed E-state index contributed by atoms with van der Waals surface area (Å²) >= 11 is 0. The number of para-hydroxylation sites is 2. The van der Waals surface area contributed by atoms with Gasteiger partial charge >= 0.3 is 0 Å². The number of anilines is 2. The highest BCUT2D eigenvalue weighted by Gasteiger charge is 2.33. The van der Waals surface area contributed by atoms with Crippen molar-refractivity contribution in [2.75, 3.05) is 49.7 Å². The molecule has 0 aromatic heterocycles. The van der Waals surface area contributed by atoms with E-state index in [1.165, 1.54) is 5.56 Å². The number of piperazine rings is 1. The van der Waals surface area contributed by atoms with E-state index in [1.807, 2.05) is 43.3 Å². The topological polar surface area (TPSA) is 74.4 Å². The summed E-state index contributed by atoms with van der Waals surface area (Å²) in [5.74, 6) is 1.41. The van der Waals surface area contributed by atoms with Crippen LogP contribution in [0.1, 0.15) is 12.5 Å². The van der Waals surface area contributed by atoms with Gasteiger partial charge < -0.3 is 14.8 Å². The van der Waals surface area contributed by atoms with Crippen molar-refractivity contribution in [3.8, 4) is 11.5 Å². The van der Waals surface area contributed by atoms with E-state index in [2.05, 4.69) is 21.2 Å². The molecule has 3 aliphatic heterocycles. The molecule has 1 N–H and O–H groups in total. The van der Waals surface area contributed by atoms with Crippen LogP contribution in [0.2, 0.25) is 0 Å². The van der Waals surface area contributed by atoms with Crippen molar-refractivity contribution in [2.45, 2.75) is 19.5 Å². The number of amides is 2. The van der Waals surface area contributed by atoms with Gasteiger partial charge in [-0.15, -0.1) is 0 Å². The monoisotopic (exact) mass is 422 g/mol. The number of nitrogens with one attached hydrogen (secondary N) is 1. The molecule has 2 amide bonds. The van der Waals surface area contributed by atoms with Crippen molar-refractivity contribution >= 4 is 23.2 Å². The third-order valence-electron chi connectivity index (χ3n) is 6.19. The SMILES string of the molecule is C[C@H](C(=O)N1CC(=O)Nc2ccccc21)N1CCN(Cc2ccc3c(c2)OCO3)CC1. The van der Waals surface area contributed by atoms with E-state index < -0.39 is 0 Å². The van der Waals surface area contributed by atoms with Gasteiger partial charge in [0.25, 0.3) is 0 Å². The van der Waals surface area contributed by atoms with Crippen molar-refractivity contribution < 1.29 is 19.1 Å². The molecule has 1 atom stereocenters. The molecule has 0 aliphatic carbocycles. The molecule has 2 aromatic rings. The lowest BCUT2D eigenvalue weighted by atomic mass is 10.1. The average Bonchev–Trinajstić information content (AvgIpc) is 3.26. The third-order valence-corrected chi connectivity index (χ3v) is 6.19. The highest BCUT2D eigenvalue weighted by atomic mass is 16.7. The quantitative estimate of drug-likeness (QED) is 0.812. The van der Waals surface area contributed by atoms with Gasteiger partial charge in [-0.25, -0.2) is 0 Å². The molecule has 31 heavy (non-hydrogen) atoms. The van der Waals surface area contributed by atoms with Crippen LogP contribution in [0.5, 0.6) is 11.5 Å². The predicted octanol–water partition coefficient (Wildman–Crippen LogP) is 1.91. The lowest BCUT2D eigenvalue weighted by molar-refractivity contribution is -0.126. The molecule has 0 spiro atoms. The molecule has 0 bridgehead atoms. The van der Waals surface area contributed by atoms with Gasteiger partial charge in [0.05, 0.1) is 17.4 Å². The Morgan fingerprint density at radius 3 is 2.68 bits per heavy atom. The second-order valence-corrected chi connectivity index (χ2v) is 8.17. The number of fused-ring (bicyclic) bond motifs is 2. The lowest BCUT2D eigenvalue weighted by Gasteiger charge is -2.39. The van der Waals surface area contributed by atoms with Crippen LogP contribution in [-0.2, 0) is 16.1 Å². The predicted molar refractivity (Wildman–Crippen MR) is 116 cm³/mol. The fourth-order valence-electron chi connectivity index (χ4n) is 4.42. The van der Waals surface area contributed by atoms with Crippen LogP contribution in [0.3, 0.4) is 0 Å². The van der Waals surface area contributed by atoms with Gasteiger partial charge in [0.1, 0.15) is 6.54 Å². The average molecular weight is 422 g/mol. The van der Waals surface area contributed by atoms with Crippen LogP contribution in [0.15, 0.2) is 42.5 Å². The van der Waals surface area contributed by atoms with Crippen molar-refractivity contribution in [2.24, 2.45) is 0 Å². The van der Waals surface area contributed by atoms with Crippen LogP contribution >= 0.6 is 0 Å². The minimum atomic E-state index is -0.286. The molecule has 162 valence electrons. The van der Waals surface area contributed by atoms with Crippen LogP contribution in [-0.4, -0.2) is 67.2 Å². The zero-order valence-corrected chi connectivity index (χ0v) is 17.5. The van der Waals surface area contributed by atoms with Gasteiger partial charge in [-0.3, -0.25) is 24.3 Å². The maximum Gasteiger partial charge on any atom is 0.244 e. The molecule has 1 fully saturated rings. The molecule has 3 heterocycles. The standard InChI is InChI=1S/C23H26N4O4/c1-16(23(29)27-14-22(28)24-18-4-2-3-5-19(18)27)26-10-8-25(9-11-26)13-17-6-7-20-21(12-17)31-15-30-20/h2-7,12,16H,8-11,13-15H2,1H3,(H,24,28)/t16-/m1/s1. The Hall–Kier alpha value is -3.10. The van der Waals surface area contributed by atoms with Gasteiger partial charge in [0.15, 0.2) is 11.5 Å². The summed E-state index contributed by atoms with van der Waals surface area (Å²) in [5, 5.41) is 2.84. The number of ether oxygens (including phenoxy) is 2. The number of hydrogen-bond donors (Lipinski definition) is 1.